The third-order valence-corrected chi connectivity index (χ3v) is 4.49. The van der Waals surface area contributed by atoms with Crippen molar-refractivity contribution in [2.45, 2.75) is 20.4 Å². The summed E-state index contributed by atoms with van der Waals surface area (Å²) >= 11 is 1.24. The third-order valence-electron chi connectivity index (χ3n) is 3.30. The summed E-state index contributed by atoms with van der Waals surface area (Å²) in [6.07, 6.45) is 3.38. The average molecular weight is 314 g/mol. The molecule has 0 saturated carbocycles. The summed E-state index contributed by atoms with van der Waals surface area (Å²) in [6, 6.07) is 3.71. The number of H-pyrrole nitrogens is 1. The zero-order chi connectivity index (χ0) is 15.7. The number of hydrogen-bond donors (Lipinski definition) is 2. The molecule has 0 spiro atoms. The fraction of sp³-hybridized carbons (Fsp3) is 0.200. The Labute approximate surface area is 130 Å². The summed E-state index contributed by atoms with van der Waals surface area (Å²) in [5.74, 6) is 0.336. The molecule has 2 N–H and O–H groups in total. The highest BCUT2D eigenvalue weighted by Crippen LogP contribution is 2.26. The van der Waals surface area contributed by atoms with E-state index < -0.39 is 0 Å². The maximum atomic E-state index is 12.3. The van der Waals surface area contributed by atoms with Crippen LogP contribution >= 0.6 is 11.3 Å². The third kappa shape index (κ3) is 2.62. The molecular formula is C15H14N4O2S. The normalized spacial score (nSPS) is 10.8. The lowest BCUT2D eigenvalue weighted by atomic mass is 10.2. The molecule has 22 heavy (non-hydrogen) atoms. The van der Waals surface area contributed by atoms with Crippen molar-refractivity contribution in [2.75, 3.05) is 0 Å². The largest absolute Gasteiger partial charge is 0.347 e. The van der Waals surface area contributed by atoms with Crippen LogP contribution in [-0.2, 0) is 6.54 Å². The van der Waals surface area contributed by atoms with Gasteiger partial charge in [-0.1, -0.05) is 6.07 Å². The van der Waals surface area contributed by atoms with Crippen molar-refractivity contribution < 1.29 is 4.79 Å². The number of thiophene rings is 1. The average Bonchev–Trinajstić information content (AvgIpc) is 2.83. The molecule has 0 radical (unpaired) electrons. The second-order valence-electron chi connectivity index (χ2n) is 4.93. The zero-order valence-corrected chi connectivity index (χ0v) is 13.0. The maximum absolute atomic E-state index is 12.3. The highest BCUT2D eigenvalue weighted by Gasteiger charge is 2.18. The maximum Gasteiger partial charge on any atom is 0.261 e. The SMILES string of the molecule is Cc1nc2sc(C(=O)NCc3cccnc3)c(C)c2c(=O)[nH]1. The quantitative estimate of drug-likeness (QED) is 0.773. The van der Waals surface area contributed by atoms with E-state index in [1.165, 1.54) is 11.3 Å². The van der Waals surface area contributed by atoms with Crippen molar-refractivity contribution in [1.82, 2.24) is 20.3 Å². The number of carbonyl (C=O) groups is 1. The van der Waals surface area contributed by atoms with Crippen molar-refractivity contribution in [2.24, 2.45) is 0 Å². The van der Waals surface area contributed by atoms with Gasteiger partial charge in [-0.25, -0.2) is 4.98 Å². The molecule has 3 rings (SSSR count). The number of nitrogens with one attached hydrogen (secondary N) is 2. The first-order valence-corrected chi connectivity index (χ1v) is 7.55. The Bertz CT molecular complexity index is 899. The summed E-state index contributed by atoms with van der Waals surface area (Å²) < 4.78 is 0. The predicted molar refractivity (Wildman–Crippen MR) is 85.1 cm³/mol. The number of amides is 1. The number of aryl methyl sites for hydroxylation is 2. The fourth-order valence-corrected chi connectivity index (χ4v) is 3.38. The lowest BCUT2D eigenvalue weighted by Gasteiger charge is -2.03. The van der Waals surface area contributed by atoms with Gasteiger partial charge in [-0.05, 0) is 31.0 Å². The highest BCUT2D eigenvalue weighted by molar-refractivity contribution is 7.20. The van der Waals surface area contributed by atoms with E-state index in [0.29, 0.717) is 33.0 Å². The Kier molecular flexibility index (Phi) is 3.72. The molecule has 3 heterocycles. The Morgan fingerprint density at radius 1 is 1.41 bits per heavy atom. The number of fused-ring (bicyclic) bond motifs is 1. The minimum Gasteiger partial charge on any atom is -0.347 e. The van der Waals surface area contributed by atoms with Gasteiger partial charge in [0.1, 0.15) is 10.7 Å². The van der Waals surface area contributed by atoms with Crippen LogP contribution in [0.2, 0.25) is 0 Å². The van der Waals surface area contributed by atoms with Crippen LogP contribution in [0.25, 0.3) is 10.2 Å². The number of hydrogen-bond acceptors (Lipinski definition) is 5. The molecule has 112 valence electrons. The molecule has 0 fully saturated rings. The van der Waals surface area contributed by atoms with Crippen molar-refractivity contribution in [3.63, 3.8) is 0 Å². The summed E-state index contributed by atoms with van der Waals surface area (Å²) in [5.41, 5.74) is 1.38. The van der Waals surface area contributed by atoms with Gasteiger partial charge in [0.05, 0.1) is 10.3 Å². The first-order valence-electron chi connectivity index (χ1n) is 6.73. The Balaban J connectivity index is 1.90. The summed E-state index contributed by atoms with van der Waals surface area (Å²) in [5, 5.41) is 3.33. The smallest absolute Gasteiger partial charge is 0.261 e. The van der Waals surface area contributed by atoms with Crippen LogP contribution < -0.4 is 10.9 Å². The molecule has 0 aromatic carbocycles. The van der Waals surface area contributed by atoms with Crippen molar-refractivity contribution in [3.8, 4) is 0 Å². The Hall–Kier alpha value is -2.54. The van der Waals surface area contributed by atoms with Crippen molar-refractivity contribution in [1.29, 1.82) is 0 Å². The first-order chi connectivity index (χ1) is 10.6. The van der Waals surface area contributed by atoms with E-state index in [1.54, 1.807) is 26.2 Å². The summed E-state index contributed by atoms with van der Waals surface area (Å²) in [7, 11) is 0. The van der Waals surface area contributed by atoms with Crippen LogP contribution in [0, 0.1) is 13.8 Å². The van der Waals surface area contributed by atoms with Crippen LogP contribution in [0.4, 0.5) is 0 Å². The number of aromatic nitrogens is 3. The molecule has 0 aliphatic heterocycles. The fourth-order valence-electron chi connectivity index (χ4n) is 2.23. The Morgan fingerprint density at radius 3 is 2.95 bits per heavy atom. The van der Waals surface area contributed by atoms with Gasteiger partial charge in [0, 0.05) is 18.9 Å². The molecule has 0 unspecified atom stereocenters. The molecule has 3 aromatic rings. The van der Waals surface area contributed by atoms with Gasteiger partial charge in [0.25, 0.3) is 11.5 Å². The van der Waals surface area contributed by atoms with Crippen LogP contribution in [0.5, 0.6) is 0 Å². The summed E-state index contributed by atoms with van der Waals surface area (Å²) in [6.45, 7) is 3.88. The lowest BCUT2D eigenvalue weighted by Crippen LogP contribution is -2.22. The monoisotopic (exact) mass is 314 g/mol. The topological polar surface area (TPSA) is 87.7 Å². The number of pyridine rings is 1. The number of carbonyl (C=O) groups excluding carboxylic acids is 1. The van der Waals surface area contributed by atoms with Crippen LogP contribution in [-0.4, -0.2) is 20.9 Å². The van der Waals surface area contributed by atoms with E-state index in [0.717, 1.165) is 5.56 Å². The molecule has 0 atom stereocenters. The van der Waals surface area contributed by atoms with E-state index in [1.807, 2.05) is 12.1 Å². The van der Waals surface area contributed by atoms with E-state index >= 15 is 0 Å². The van der Waals surface area contributed by atoms with Crippen LogP contribution in [0.1, 0.15) is 26.6 Å². The van der Waals surface area contributed by atoms with Gasteiger partial charge in [-0.15, -0.1) is 11.3 Å². The van der Waals surface area contributed by atoms with E-state index in [2.05, 4.69) is 20.3 Å². The second-order valence-corrected chi connectivity index (χ2v) is 5.93. The molecule has 7 heteroatoms. The lowest BCUT2D eigenvalue weighted by molar-refractivity contribution is 0.0954. The van der Waals surface area contributed by atoms with Gasteiger partial charge in [0.15, 0.2) is 0 Å². The summed E-state index contributed by atoms with van der Waals surface area (Å²) in [4.78, 5) is 36.4. The molecule has 0 bridgehead atoms. The van der Waals surface area contributed by atoms with Crippen molar-refractivity contribution in [3.05, 3.63) is 56.7 Å². The molecule has 3 aromatic heterocycles. The van der Waals surface area contributed by atoms with E-state index in [-0.39, 0.29) is 11.5 Å². The second kappa shape index (κ2) is 5.69. The first kappa shape index (κ1) is 14.4. The molecule has 1 amide bonds. The van der Waals surface area contributed by atoms with Gasteiger partial charge in [0.2, 0.25) is 0 Å². The molecule has 0 aliphatic carbocycles. The van der Waals surface area contributed by atoms with Gasteiger partial charge in [-0.3, -0.25) is 14.6 Å². The van der Waals surface area contributed by atoms with E-state index in [9.17, 15) is 9.59 Å². The van der Waals surface area contributed by atoms with Gasteiger partial charge in [-0.2, -0.15) is 0 Å². The van der Waals surface area contributed by atoms with Gasteiger partial charge < -0.3 is 10.3 Å². The van der Waals surface area contributed by atoms with Crippen molar-refractivity contribution >= 4 is 27.5 Å². The molecule has 0 aliphatic rings. The van der Waals surface area contributed by atoms with Crippen LogP contribution in [0.15, 0.2) is 29.3 Å². The molecule has 0 saturated heterocycles. The number of aromatic amines is 1. The minimum atomic E-state index is -0.207. The molecule has 6 nitrogen and oxygen atoms in total. The van der Waals surface area contributed by atoms with E-state index in [4.69, 9.17) is 0 Å². The highest BCUT2D eigenvalue weighted by atomic mass is 32.1. The number of rotatable bonds is 3. The molecular weight excluding hydrogens is 300 g/mol. The predicted octanol–water partition coefficient (Wildman–Crippen LogP) is 1.93. The zero-order valence-electron chi connectivity index (χ0n) is 12.1. The standard InChI is InChI=1S/C15H14N4O2S/c1-8-11-13(20)18-9(2)19-15(11)22-12(8)14(21)17-7-10-4-3-5-16-6-10/h3-6H,7H2,1-2H3,(H,17,21)(H,18,19,20). The minimum absolute atomic E-state index is 0.206. The van der Waals surface area contributed by atoms with Crippen LogP contribution in [0.3, 0.4) is 0 Å². The Morgan fingerprint density at radius 2 is 2.23 bits per heavy atom. The van der Waals surface area contributed by atoms with Gasteiger partial charge >= 0.3 is 0 Å². The number of nitrogens with zero attached hydrogens (tertiary/aromatic N) is 2.